The summed E-state index contributed by atoms with van der Waals surface area (Å²) in [5, 5.41) is 6.50. The molecule has 0 aliphatic carbocycles. The van der Waals surface area contributed by atoms with Gasteiger partial charge in [-0.25, -0.2) is 0 Å². The molecule has 0 unspecified atom stereocenters. The standard InChI is InChI=1S/C15H21N3O2S/c1-3-4-9-17-15(21)18-10-13(14(19)16-2)20-12-8-6-5-7-11(12)18/h5-8,13H,3-4,9-10H2,1-2H3,(H,16,19)(H,17,21)/t13-/m1/s1. The van der Waals surface area contributed by atoms with Crippen LogP contribution < -0.4 is 20.3 Å². The number of thiocarbonyl (C=S) groups is 1. The molecule has 5 nitrogen and oxygen atoms in total. The summed E-state index contributed by atoms with van der Waals surface area (Å²) in [6.07, 6.45) is 1.61. The van der Waals surface area contributed by atoms with Gasteiger partial charge in [-0.2, -0.15) is 0 Å². The lowest BCUT2D eigenvalue weighted by Gasteiger charge is -2.35. The van der Waals surface area contributed by atoms with Crippen molar-refractivity contribution in [3.05, 3.63) is 24.3 Å². The number of benzene rings is 1. The quantitative estimate of drug-likeness (QED) is 0.655. The minimum Gasteiger partial charge on any atom is -0.477 e. The van der Waals surface area contributed by atoms with Crippen LogP contribution >= 0.6 is 12.2 Å². The lowest BCUT2D eigenvalue weighted by molar-refractivity contribution is -0.127. The van der Waals surface area contributed by atoms with Crippen molar-refractivity contribution in [2.24, 2.45) is 0 Å². The molecule has 1 aromatic rings. The van der Waals surface area contributed by atoms with Gasteiger partial charge in [0.15, 0.2) is 11.2 Å². The molecule has 21 heavy (non-hydrogen) atoms. The molecular weight excluding hydrogens is 286 g/mol. The van der Waals surface area contributed by atoms with E-state index < -0.39 is 6.10 Å². The van der Waals surface area contributed by atoms with Crippen LogP contribution in [0.5, 0.6) is 5.75 Å². The van der Waals surface area contributed by atoms with Gasteiger partial charge in [-0.3, -0.25) is 4.79 Å². The molecule has 1 aliphatic heterocycles. The fourth-order valence-electron chi connectivity index (χ4n) is 2.19. The summed E-state index contributed by atoms with van der Waals surface area (Å²) < 4.78 is 5.75. The van der Waals surface area contributed by atoms with Crippen molar-refractivity contribution in [1.82, 2.24) is 10.6 Å². The Morgan fingerprint density at radius 2 is 2.24 bits per heavy atom. The number of ether oxygens (including phenoxy) is 1. The Bertz CT molecular complexity index is 521. The summed E-state index contributed by atoms with van der Waals surface area (Å²) >= 11 is 5.47. The fourth-order valence-corrected chi connectivity index (χ4v) is 2.47. The Morgan fingerprint density at radius 1 is 1.48 bits per heavy atom. The van der Waals surface area contributed by atoms with E-state index in [9.17, 15) is 4.79 Å². The number of amides is 1. The molecule has 114 valence electrons. The third kappa shape index (κ3) is 3.64. The van der Waals surface area contributed by atoms with E-state index in [0.29, 0.717) is 17.4 Å². The molecule has 1 heterocycles. The molecule has 1 aromatic carbocycles. The maximum Gasteiger partial charge on any atom is 0.262 e. The van der Waals surface area contributed by atoms with E-state index in [2.05, 4.69) is 17.6 Å². The minimum absolute atomic E-state index is 0.147. The highest BCUT2D eigenvalue weighted by Gasteiger charge is 2.31. The van der Waals surface area contributed by atoms with Gasteiger partial charge in [0.2, 0.25) is 0 Å². The Kier molecular flexibility index (Phi) is 5.38. The zero-order valence-corrected chi connectivity index (χ0v) is 13.2. The van der Waals surface area contributed by atoms with Gasteiger partial charge in [0.25, 0.3) is 5.91 Å². The summed E-state index contributed by atoms with van der Waals surface area (Å²) in [5.74, 6) is 0.530. The van der Waals surface area contributed by atoms with Crippen LogP contribution in [0, 0.1) is 0 Å². The molecule has 0 saturated heterocycles. The average Bonchev–Trinajstić information content (AvgIpc) is 2.53. The number of carbonyl (C=O) groups excluding carboxylic acids is 1. The molecule has 0 spiro atoms. The number of rotatable bonds is 4. The molecule has 2 N–H and O–H groups in total. The summed E-state index contributed by atoms with van der Waals surface area (Å²) in [5.41, 5.74) is 0.895. The molecule has 1 aliphatic rings. The summed E-state index contributed by atoms with van der Waals surface area (Å²) in [7, 11) is 1.61. The first-order chi connectivity index (χ1) is 10.2. The first-order valence-corrected chi connectivity index (χ1v) is 7.60. The van der Waals surface area contributed by atoms with Gasteiger partial charge >= 0.3 is 0 Å². The van der Waals surface area contributed by atoms with E-state index in [4.69, 9.17) is 17.0 Å². The smallest absolute Gasteiger partial charge is 0.262 e. The van der Waals surface area contributed by atoms with Crippen LogP contribution in [0.15, 0.2) is 24.3 Å². The molecule has 0 fully saturated rings. The predicted octanol–water partition coefficient (Wildman–Crippen LogP) is 1.67. The second kappa shape index (κ2) is 7.26. The number of para-hydroxylation sites is 2. The molecule has 1 amide bonds. The number of nitrogens with one attached hydrogen (secondary N) is 2. The van der Waals surface area contributed by atoms with Gasteiger partial charge in [-0.1, -0.05) is 25.5 Å². The Hall–Kier alpha value is -1.82. The largest absolute Gasteiger partial charge is 0.477 e. The van der Waals surface area contributed by atoms with Crippen molar-refractivity contribution in [2.75, 3.05) is 25.0 Å². The van der Waals surface area contributed by atoms with Crippen molar-refractivity contribution in [3.8, 4) is 5.75 Å². The van der Waals surface area contributed by atoms with Gasteiger partial charge in [-0.15, -0.1) is 0 Å². The first-order valence-electron chi connectivity index (χ1n) is 7.20. The van der Waals surface area contributed by atoms with Crippen LogP contribution in [0.1, 0.15) is 19.8 Å². The molecule has 1 atom stereocenters. The van der Waals surface area contributed by atoms with Gasteiger partial charge in [0, 0.05) is 13.6 Å². The number of nitrogens with zero attached hydrogens (tertiary/aromatic N) is 1. The zero-order chi connectivity index (χ0) is 15.2. The number of fused-ring (bicyclic) bond motifs is 1. The van der Waals surface area contributed by atoms with Crippen LogP contribution in [0.4, 0.5) is 5.69 Å². The molecule has 2 rings (SSSR count). The van der Waals surface area contributed by atoms with E-state index in [1.54, 1.807) is 7.05 Å². The molecule has 0 aromatic heterocycles. The van der Waals surface area contributed by atoms with Crippen molar-refractivity contribution in [1.29, 1.82) is 0 Å². The number of hydrogen-bond acceptors (Lipinski definition) is 3. The first kappa shape index (κ1) is 15.6. The normalized spacial score (nSPS) is 16.7. The van der Waals surface area contributed by atoms with E-state index in [-0.39, 0.29) is 5.91 Å². The topological polar surface area (TPSA) is 53.6 Å². The Labute approximate surface area is 130 Å². The van der Waals surface area contributed by atoms with Gasteiger partial charge in [0.05, 0.1) is 12.2 Å². The Morgan fingerprint density at radius 3 is 2.95 bits per heavy atom. The maximum absolute atomic E-state index is 11.9. The van der Waals surface area contributed by atoms with E-state index in [1.807, 2.05) is 29.2 Å². The minimum atomic E-state index is -0.559. The molecule has 0 saturated carbocycles. The van der Waals surface area contributed by atoms with E-state index in [1.165, 1.54) is 0 Å². The third-order valence-corrected chi connectivity index (χ3v) is 3.73. The van der Waals surface area contributed by atoms with Crippen LogP contribution in [0.2, 0.25) is 0 Å². The Balaban J connectivity index is 2.18. The van der Waals surface area contributed by atoms with Gasteiger partial charge in [0.1, 0.15) is 5.75 Å². The SMILES string of the molecule is CCCCNC(=S)N1C[C@H](C(=O)NC)Oc2ccccc21. The highest BCUT2D eigenvalue weighted by atomic mass is 32.1. The van der Waals surface area contributed by atoms with Crippen LogP contribution in [0.25, 0.3) is 0 Å². The lowest BCUT2D eigenvalue weighted by atomic mass is 10.2. The summed E-state index contributed by atoms with van der Waals surface area (Å²) in [6, 6.07) is 7.62. The molecule has 6 heteroatoms. The van der Waals surface area contributed by atoms with E-state index in [0.717, 1.165) is 25.1 Å². The second-order valence-corrected chi connectivity index (χ2v) is 5.27. The monoisotopic (exact) mass is 307 g/mol. The number of anilines is 1. The van der Waals surface area contributed by atoms with Crippen molar-refractivity contribution in [2.45, 2.75) is 25.9 Å². The summed E-state index contributed by atoms with van der Waals surface area (Å²) in [4.78, 5) is 13.8. The summed E-state index contributed by atoms with van der Waals surface area (Å²) in [6.45, 7) is 3.38. The third-order valence-electron chi connectivity index (χ3n) is 3.36. The molecule has 0 bridgehead atoms. The van der Waals surface area contributed by atoms with Crippen molar-refractivity contribution >= 4 is 28.9 Å². The average molecular weight is 307 g/mol. The van der Waals surface area contributed by atoms with Crippen LogP contribution in [-0.2, 0) is 4.79 Å². The van der Waals surface area contributed by atoms with E-state index >= 15 is 0 Å². The van der Waals surface area contributed by atoms with Crippen molar-refractivity contribution in [3.63, 3.8) is 0 Å². The fraction of sp³-hybridized carbons (Fsp3) is 0.467. The van der Waals surface area contributed by atoms with Crippen LogP contribution in [0.3, 0.4) is 0 Å². The second-order valence-electron chi connectivity index (χ2n) is 4.88. The molecule has 0 radical (unpaired) electrons. The number of carbonyl (C=O) groups is 1. The number of likely N-dealkylation sites (N-methyl/N-ethyl adjacent to an activating group) is 1. The van der Waals surface area contributed by atoms with Gasteiger partial charge < -0.3 is 20.3 Å². The predicted molar refractivity (Wildman–Crippen MR) is 87.8 cm³/mol. The van der Waals surface area contributed by atoms with Crippen LogP contribution in [-0.4, -0.2) is 37.3 Å². The van der Waals surface area contributed by atoms with Crippen molar-refractivity contribution < 1.29 is 9.53 Å². The zero-order valence-electron chi connectivity index (χ0n) is 12.4. The molecular formula is C15H21N3O2S. The maximum atomic E-state index is 11.9. The highest BCUT2D eigenvalue weighted by molar-refractivity contribution is 7.80. The lowest BCUT2D eigenvalue weighted by Crippen LogP contribution is -2.52. The number of hydrogen-bond donors (Lipinski definition) is 2. The van der Waals surface area contributed by atoms with Gasteiger partial charge in [-0.05, 0) is 30.8 Å². The number of unbranched alkanes of at least 4 members (excludes halogenated alkanes) is 1. The highest BCUT2D eigenvalue weighted by Crippen LogP contribution is 2.33.